The Kier molecular flexibility index (Phi) is 4.82. The third-order valence-electron chi connectivity index (χ3n) is 4.45. The predicted molar refractivity (Wildman–Crippen MR) is 90.8 cm³/mol. The van der Waals surface area contributed by atoms with Crippen molar-refractivity contribution in [1.29, 1.82) is 0 Å². The van der Waals surface area contributed by atoms with Gasteiger partial charge >= 0.3 is 0 Å². The molecule has 2 heteroatoms. The largest absolute Gasteiger partial charge is 0.378 e. The number of hydrogen-bond donors (Lipinski definition) is 1. The van der Waals surface area contributed by atoms with E-state index in [0.29, 0.717) is 12.0 Å². The molecule has 0 heterocycles. The number of benzene rings is 2. The molecule has 2 aromatic rings. The highest BCUT2D eigenvalue weighted by molar-refractivity contribution is 6.30. The van der Waals surface area contributed by atoms with Crippen molar-refractivity contribution in [2.24, 2.45) is 5.92 Å². The zero-order valence-electron chi connectivity index (χ0n) is 12.3. The summed E-state index contributed by atoms with van der Waals surface area (Å²) < 4.78 is 0. The highest BCUT2D eigenvalue weighted by Gasteiger charge is 2.24. The van der Waals surface area contributed by atoms with Gasteiger partial charge in [-0.05, 0) is 48.6 Å². The number of rotatable bonds is 4. The highest BCUT2D eigenvalue weighted by Crippen LogP contribution is 2.37. The van der Waals surface area contributed by atoms with E-state index in [1.165, 1.54) is 43.4 Å². The Hall–Kier alpha value is -1.47. The van der Waals surface area contributed by atoms with Crippen LogP contribution in [0.1, 0.15) is 43.7 Å². The van der Waals surface area contributed by atoms with Crippen molar-refractivity contribution in [3.8, 4) is 0 Å². The molecule has 0 aliphatic heterocycles. The summed E-state index contributed by atoms with van der Waals surface area (Å²) in [6, 6.07) is 19.2. The molecule has 110 valence electrons. The Balaban J connectivity index is 1.84. The monoisotopic (exact) mass is 299 g/mol. The molecule has 0 radical (unpaired) electrons. The van der Waals surface area contributed by atoms with Crippen molar-refractivity contribution >= 4 is 17.3 Å². The van der Waals surface area contributed by atoms with Crippen LogP contribution >= 0.6 is 11.6 Å². The summed E-state index contributed by atoms with van der Waals surface area (Å²) in [5.41, 5.74) is 2.54. The highest BCUT2D eigenvalue weighted by atomic mass is 35.5. The average Bonchev–Trinajstić information content (AvgIpc) is 2.55. The second-order valence-electron chi connectivity index (χ2n) is 5.94. The fourth-order valence-electron chi connectivity index (χ4n) is 3.32. The lowest BCUT2D eigenvalue weighted by Gasteiger charge is -2.32. The van der Waals surface area contributed by atoms with Crippen molar-refractivity contribution in [3.05, 3.63) is 65.2 Å². The quantitative estimate of drug-likeness (QED) is 0.722. The number of anilines is 1. The predicted octanol–water partition coefficient (Wildman–Crippen LogP) is 6.07. The number of para-hydroxylation sites is 1. The molecule has 1 fully saturated rings. The van der Waals surface area contributed by atoms with Crippen LogP contribution in [-0.4, -0.2) is 0 Å². The normalized spacial score (nSPS) is 17.4. The van der Waals surface area contributed by atoms with Gasteiger partial charge in [0.05, 0.1) is 6.04 Å². The summed E-state index contributed by atoms with van der Waals surface area (Å²) in [7, 11) is 0. The first kappa shape index (κ1) is 14.5. The summed E-state index contributed by atoms with van der Waals surface area (Å²) in [6.07, 6.45) is 6.71. The molecule has 0 aromatic heterocycles. The van der Waals surface area contributed by atoms with E-state index in [2.05, 4.69) is 47.8 Å². The summed E-state index contributed by atoms with van der Waals surface area (Å²) in [4.78, 5) is 0. The lowest BCUT2D eigenvalue weighted by atomic mass is 9.81. The molecular formula is C19H22ClN. The summed E-state index contributed by atoms with van der Waals surface area (Å²) >= 11 is 6.04. The van der Waals surface area contributed by atoms with E-state index in [-0.39, 0.29) is 0 Å². The molecule has 1 unspecified atom stereocenters. The molecule has 1 aliphatic rings. The van der Waals surface area contributed by atoms with Gasteiger partial charge < -0.3 is 5.32 Å². The van der Waals surface area contributed by atoms with Crippen LogP contribution in [0.2, 0.25) is 5.02 Å². The van der Waals surface area contributed by atoms with Gasteiger partial charge in [0.15, 0.2) is 0 Å². The van der Waals surface area contributed by atoms with Crippen molar-refractivity contribution in [3.63, 3.8) is 0 Å². The second-order valence-corrected chi connectivity index (χ2v) is 6.37. The van der Waals surface area contributed by atoms with Gasteiger partial charge in [-0.1, -0.05) is 61.2 Å². The minimum atomic E-state index is 0.380. The Morgan fingerprint density at radius 1 is 0.857 bits per heavy atom. The number of halogens is 1. The Bertz CT molecular complexity index is 544. The minimum Gasteiger partial charge on any atom is -0.378 e. The molecule has 21 heavy (non-hydrogen) atoms. The van der Waals surface area contributed by atoms with Gasteiger partial charge in [0.1, 0.15) is 0 Å². The fraction of sp³-hybridized carbons (Fsp3) is 0.368. The maximum atomic E-state index is 6.04. The molecular weight excluding hydrogens is 278 g/mol. The molecule has 1 atom stereocenters. The fourth-order valence-corrected chi connectivity index (χ4v) is 3.45. The molecule has 3 rings (SSSR count). The number of nitrogens with one attached hydrogen (secondary N) is 1. The second kappa shape index (κ2) is 7.00. The summed E-state index contributed by atoms with van der Waals surface area (Å²) in [6.45, 7) is 0. The van der Waals surface area contributed by atoms with Crippen LogP contribution in [0.4, 0.5) is 5.69 Å². The molecule has 0 bridgehead atoms. The third kappa shape index (κ3) is 3.79. The van der Waals surface area contributed by atoms with Crippen LogP contribution in [0.5, 0.6) is 0 Å². The van der Waals surface area contributed by atoms with E-state index in [9.17, 15) is 0 Å². The first-order valence-corrected chi connectivity index (χ1v) is 8.28. The van der Waals surface area contributed by atoms with E-state index in [0.717, 1.165) is 5.02 Å². The van der Waals surface area contributed by atoms with Crippen LogP contribution in [0.3, 0.4) is 0 Å². The van der Waals surface area contributed by atoms with Gasteiger partial charge in [-0.3, -0.25) is 0 Å². The van der Waals surface area contributed by atoms with Crippen molar-refractivity contribution in [1.82, 2.24) is 0 Å². The summed E-state index contributed by atoms with van der Waals surface area (Å²) in [5, 5.41) is 4.55. The molecule has 1 nitrogen and oxygen atoms in total. The maximum Gasteiger partial charge on any atom is 0.0542 e. The summed E-state index contributed by atoms with van der Waals surface area (Å²) in [5.74, 6) is 0.708. The zero-order valence-corrected chi connectivity index (χ0v) is 13.0. The molecule has 0 spiro atoms. The van der Waals surface area contributed by atoms with Crippen LogP contribution in [0.25, 0.3) is 0 Å². The Labute approximate surface area is 132 Å². The van der Waals surface area contributed by atoms with Crippen LogP contribution < -0.4 is 5.32 Å². The smallest absolute Gasteiger partial charge is 0.0542 e. The van der Waals surface area contributed by atoms with E-state index >= 15 is 0 Å². The zero-order chi connectivity index (χ0) is 14.5. The maximum absolute atomic E-state index is 6.04. The van der Waals surface area contributed by atoms with Crippen molar-refractivity contribution in [2.75, 3.05) is 5.32 Å². The van der Waals surface area contributed by atoms with Crippen LogP contribution in [-0.2, 0) is 0 Å². The van der Waals surface area contributed by atoms with Gasteiger partial charge in [0.2, 0.25) is 0 Å². The van der Waals surface area contributed by atoms with E-state index in [1.54, 1.807) is 0 Å². The molecule has 0 amide bonds. The molecule has 1 aliphatic carbocycles. The van der Waals surface area contributed by atoms with Gasteiger partial charge in [-0.25, -0.2) is 0 Å². The van der Waals surface area contributed by atoms with Crippen molar-refractivity contribution < 1.29 is 0 Å². The van der Waals surface area contributed by atoms with E-state index in [4.69, 9.17) is 11.6 Å². The first-order chi connectivity index (χ1) is 10.3. The van der Waals surface area contributed by atoms with Gasteiger partial charge in [-0.2, -0.15) is 0 Å². The third-order valence-corrected chi connectivity index (χ3v) is 4.70. The van der Waals surface area contributed by atoms with Gasteiger partial charge in [-0.15, -0.1) is 0 Å². The first-order valence-electron chi connectivity index (χ1n) is 7.90. The minimum absolute atomic E-state index is 0.380. The molecule has 0 saturated heterocycles. The SMILES string of the molecule is Clc1ccc(C(Nc2ccccc2)C2CCCCC2)cc1. The molecule has 2 aromatic carbocycles. The van der Waals surface area contributed by atoms with Crippen LogP contribution in [0.15, 0.2) is 54.6 Å². The van der Waals surface area contributed by atoms with Gasteiger partial charge in [0.25, 0.3) is 0 Å². The van der Waals surface area contributed by atoms with Crippen molar-refractivity contribution in [2.45, 2.75) is 38.1 Å². The lowest BCUT2D eigenvalue weighted by molar-refractivity contribution is 0.321. The molecule has 1 saturated carbocycles. The average molecular weight is 300 g/mol. The molecule has 1 N–H and O–H groups in total. The lowest BCUT2D eigenvalue weighted by Crippen LogP contribution is -2.23. The Morgan fingerprint density at radius 3 is 2.19 bits per heavy atom. The number of hydrogen-bond acceptors (Lipinski definition) is 1. The van der Waals surface area contributed by atoms with E-state index in [1.807, 2.05) is 12.1 Å². The standard InChI is InChI=1S/C19H22ClN/c20-17-13-11-16(12-14-17)19(15-7-3-1-4-8-15)21-18-9-5-2-6-10-18/h2,5-6,9-15,19,21H,1,3-4,7-8H2. The van der Waals surface area contributed by atoms with Crippen LogP contribution in [0, 0.1) is 5.92 Å². The Morgan fingerprint density at radius 2 is 1.52 bits per heavy atom. The topological polar surface area (TPSA) is 12.0 Å². The van der Waals surface area contributed by atoms with E-state index < -0.39 is 0 Å². The van der Waals surface area contributed by atoms with Gasteiger partial charge in [0, 0.05) is 10.7 Å².